The summed E-state index contributed by atoms with van der Waals surface area (Å²) in [6, 6.07) is 1.25. The monoisotopic (exact) mass is 169 g/mol. The van der Waals surface area contributed by atoms with Crippen LogP contribution >= 0.6 is 0 Å². The molecule has 1 atom stereocenters. The predicted octanol–water partition coefficient (Wildman–Crippen LogP) is 0.144. The molecular formula is C8H11NO3. The smallest absolute Gasteiger partial charge is 0.223 e. The molecule has 1 aromatic rings. The largest absolute Gasteiger partial charge is 0.503 e. The van der Waals surface area contributed by atoms with E-state index in [4.69, 9.17) is 0 Å². The zero-order valence-electron chi connectivity index (χ0n) is 6.98. The van der Waals surface area contributed by atoms with Crippen molar-refractivity contribution in [2.75, 3.05) is 0 Å². The quantitative estimate of drug-likeness (QED) is 0.628. The average molecular weight is 169 g/mol. The Bertz CT molecular complexity index is 341. The van der Waals surface area contributed by atoms with Crippen LogP contribution in [0.4, 0.5) is 0 Å². The second-order valence-electron chi connectivity index (χ2n) is 2.70. The molecule has 0 aliphatic rings. The van der Waals surface area contributed by atoms with Gasteiger partial charge in [0.05, 0.1) is 11.8 Å². The molecule has 1 aromatic heterocycles. The maximum absolute atomic E-state index is 10.9. The molecule has 0 saturated carbocycles. The molecular weight excluding hydrogens is 158 g/mol. The molecule has 66 valence electrons. The molecule has 0 aliphatic carbocycles. The standard InChI is InChI=1S/C8H11NO3/c1-5(10)7-8(12)6(11)3-4-9(7)2/h3-5,10,12H,1-2H3. The molecule has 0 amide bonds. The lowest BCUT2D eigenvalue weighted by atomic mass is 10.2. The number of nitrogens with zero attached hydrogens (tertiary/aromatic N) is 1. The van der Waals surface area contributed by atoms with Gasteiger partial charge in [0.15, 0.2) is 5.75 Å². The van der Waals surface area contributed by atoms with Gasteiger partial charge in [-0.15, -0.1) is 0 Å². The van der Waals surface area contributed by atoms with Crippen molar-refractivity contribution in [2.24, 2.45) is 7.05 Å². The van der Waals surface area contributed by atoms with Crippen molar-refractivity contribution in [1.82, 2.24) is 4.57 Å². The zero-order chi connectivity index (χ0) is 9.30. The molecule has 0 aliphatic heterocycles. The molecule has 1 unspecified atom stereocenters. The number of pyridine rings is 1. The van der Waals surface area contributed by atoms with Crippen molar-refractivity contribution >= 4 is 0 Å². The fourth-order valence-corrected chi connectivity index (χ4v) is 1.12. The maximum atomic E-state index is 10.9. The van der Waals surface area contributed by atoms with E-state index in [-0.39, 0.29) is 11.4 Å². The van der Waals surface area contributed by atoms with E-state index in [0.717, 1.165) is 0 Å². The third-order valence-electron chi connectivity index (χ3n) is 1.70. The summed E-state index contributed by atoms with van der Waals surface area (Å²) in [5.41, 5.74) is -0.230. The van der Waals surface area contributed by atoms with Gasteiger partial charge in [-0.05, 0) is 6.92 Å². The highest BCUT2D eigenvalue weighted by molar-refractivity contribution is 5.27. The second-order valence-corrected chi connectivity index (χ2v) is 2.70. The zero-order valence-corrected chi connectivity index (χ0v) is 6.98. The number of aromatic nitrogens is 1. The summed E-state index contributed by atoms with van der Waals surface area (Å²) in [4.78, 5) is 10.9. The first-order chi connectivity index (χ1) is 5.54. The minimum atomic E-state index is -0.844. The van der Waals surface area contributed by atoms with E-state index in [1.54, 1.807) is 7.05 Å². The number of rotatable bonds is 1. The first-order valence-electron chi connectivity index (χ1n) is 3.60. The van der Waals surface area contributed by atoms with Gasteiger partial charge in [0.1, 0.15) is 0 Å². The highest BCUT2D eigenvalue weighted by Gasteiger charge is 2.12. The number of aliphatic hydroxyl groups is 1. The summed E-state index contributed by atoms with van der Waals surface area (Å²) in [7, 11) is 1.65. The van der Waals surface area contributed by atoms with Crippen LogP contribution in [-0.2, 0) is 7.05 Å². The SMILES string of the molecule is CC(O)c1c(O)c(=O)ccn1C. The molecule has 0 fully saturated rings. The van der Waals surface area contributed by atoms with Crippen LogP contribution in [0.1, 0.15) is 18.7 Å². The van der Waals surface area contributed by atoms with Gasteiger partial charge in [-0.2, -0.15) is 0 Å². The fourth-order valence-electron chi connectivity index (χ4n) is 1.12. The predicted molar refractivity (Wildman–Crippen MR) is 44.0 cm³/mol. The Hall–Kier alpha value is -1.29. The second kappa shape index (κ2) is 2.98. The normalized spacial score (nSPS) is 12.9. The number of hydrogen-bond donors (Lipinski definition) is 2. The van der Waals surface area contributed by atoms with Crippen molar-refractivity contribution in [3.63, 3.8) is 0 Å². The van der Waals surface area contributed by atoms with Crippen molar-refractivity contribution in [2.45, 2.75) is 13.0 Å². The van der Waals surface area contributed by atoms with Gasteiger partial charge in [0.2, 0.25) is 5.43 Å². The number of aryl methyl sites for hydroxylation is 1. The molecule has 0 saturated heterocycles. The van der Waals surface area contributed by atoms with E-state index in [9.17, 15) is 15.0 Å². The molecule has 1 heterocycles. The van der Waals surface area contributed by atoms with E-state index in [0.29, 0.717) is 0 Å². The molecule has 12 heavy (non-hydrogen) atoms. The van der Waals surface area contributed by atoms with Crippen molar-refractivity contribution in [3.05, 3.63) is 28.2 Å². The molecule has 0 aromatic carbocycles. The Balaban J connectivity index is 3.43. The minimum Gasteiger partial charge on any atom is -0.503 e. The molecule has 2 N–H and O–H groups in total. The first kappa shape index (κ1) is 8.80. The summed E-state index contributed by atoms with van der Waals surface area (Å²) in [6.07, 6.45) is 0.660. The summed E-state index contributed by atoms with van der Waals surface area (Å²) >= 11 is 0. The molecule has 4 nitrogen and oxygen atoms in total. The summed E-state index contributed by atoms with van der Waals surface area (Å²) in [6.45, 7) is 1.49. The van der Waals surface area contributed by atoms with Gasteiger partial charge in [-0.25, -0.2) is 0 Å². The fraction of sp³-hybridized carbons (Fsp3) is 0.375. The van der Waals surface area contributed by atoms with Gasteiger partial charge >= 0.3 is 0 Å². The Morgan fingerprint density at radius 1 is 1.58 bits per heavy atom. The van der Waals surface area contributed by atoms with E-state index >= 15 is 0 Å². The molecule has 4 heteroatoms. The number of aliphatic hydroxyl groups excluding tert-OH is 1. The van der Waals surface area contributed by atoms with Gasteiger partial charge in [-0.3, -0.25) is 4.79 Å². The van der Waals surface area contributed by atoms with Crippen LogP contribution in [0.5, 0.6) is 5.75 Å². The third kappa shape index (κ3) is 1.33. The van der Waals surface area contributed by atoms with Crippen LogP contribution in [-0.4, -0.2) is 14.8 Å². The van der Waals surface area contributed by atoms with Gasteiger partial charge in [0.25, 0.3) is 0 Å². The molecule has 1 rings (SSSR count). The Kier molecular flexibility index (Phi) is 2.19. The van der Waals surface area contributed by atoms with E-state index in [1.165, 1.54) is 23.8 Å². The first-order valence-corrected chi connectivity index (χ1v) is 3.60. The minimum absolute atomic E-state index is 0.238. The van der Waals surface area contributed by atoms with Crippen LogP contribution < -0.4 is 5.43 Å². The number of hydrogen-bond acceptors (Lipinski definition) is 3. The van der Waals surface area contributed by atoms with Crippen LogP contribution in [0.3, 0.4) is 0 Å². The lowest BCUT2D eigenvalue weighted by Crippen LogP contribution is -2.11. The maximum Gasteiger partial charge on any atom is 0.223 e. The molecule has 0 radical (unpaired) electrons. The number of aromatic hydroxyl groups is 1. The lowest BCUT2D eigenvalue weighted by Gasteiger charge is -2.11. The average Bonchev–Trinajstić information content (AvgIpc) is 1.97. The van der Waals surface area contributed by atoms with Gasteiger partial charge in [-0.1, -0.05) is 0 Å². The van der Waals surface area contributed by atoms with E-state index < -0.39 is 11.5 Å². The van der Waals surface area contributed by atoms with Crippen LogP contribution in [0.15, 0.2) is 17.1 Å². The van der Waals surface area contributed by atoms with Crippen molar-refractivity contribution < 1.29 is 10.2 Å². The summed E-state index contributed by atoms with van der Waals surface area (Å²) in [5.74, 6) is -0.380. The van der Waals surface area contributed by atoms with Crippen LogP contribution in [0, 0.1) is 0 Å². The Morgan fingerprint density at radius 2 is 2.17 bits per heavy atom. The summed E-state index contributed by atoms with van der Waals surface area (Å²) in [5, 5.41) is 18.4. The topological polar surface area (TPSA) is 62.5 Å². The van der Waals surface area contributed by atoms with E-state index in [2.05, 4.69) is 0 Å². The van der Waals surface area contributed by atoms with Gasteiger partial charge < -0.3 is 14.8 Å². The highest BCUT2D eigenvalue weighted by Crippen LogP contribution is 2.18. The Labute approximate surface area is 69.7 Å². The van der Waals surface area contributed by atoms with Gasteiger partial charge in [0, 0.05) is 19.3 Å². The van der Waals surface area contributed by atoms with Crippen LogP contribution in [0.25, 0.3) is 0 Å². The third-order valence-corrected chi connectivity index (χ3v) is 1.70. The van der Waals surface area contributed by atoms with Crippen molar-refractivity contribution in [1.29, 1.82) is 0 Å². The van der Waals surface area contributed by atoms with Crippen molar-refractivity contribution in [3.8, 4) is 5.75 Å². The molecule has 0 bridgehead atoms. The summed E-state index contributed by atoms with van der Waals surface area (Å²) < 4.78 is 1.52. The molecule has 0 spiro atoms. The Morgan fingerprint density at radius 3 is 2.58 bits per heavy atom. The van der Waals surface area contributed by atoms with E-state index in [1.807, 2.05) is 0 Å². The highest BCUT2D eigenvalue weighted by atomic mass is 16.3. The van der Waals surface area contributed by atoms with Crippen LogP contribution in [0.2, 0.25) is 0 Å². The lowest BCUT2D eigenvalue weighted by molar-refractivity contribution is 0.184.